The Hall–Kier alpha value is -1.53. The van der Waals surface area contributed by atoms with Crippen molar-refractivity contribution in [3.8, 4) is 17.6 Å². The Bertz CT molecular complexity index is 474. The Kier molecular flexibility index (Phi) is 7.11. The Morgan fingerprint density at radius 2 is 2.10 bits per heavy atom. The maximum Gasteiger partial charge on any atom is 0.166 e. The smallest absolute Gasteiger partial charge is 0.166 e. The molecule has 0 radical (unpaired) electrons. The molecule has 0 bridgehead atoms. The lowest BCUT2D eigenvalue weighted by atomic mass is 9.93. The lowest BCUT2D eigenvalue weighted by Crippen LogP contribution is -2.17. The number of ether oxygens (including phenoxy) is 1. The number of unbranched alkanes of at least 4 members (excludes halogenated alkanes) is 1. The maximum atomic E-state index is 13.5. The van der Waals surface area contributed by atoms with Gasteiger partial charge in [0.2, 0.25) is 0 Å². The van der Waals surface area contributed by atoms with E-state index < -0.39 is 11.9 Å². The van der Waals surface area contributed by atoms with Crippen LogP contribution >= 0.6 is 0 Å². The Balaban J connectivity index is 2.74. The van der Waals surface area contributed by atoms with Gasteiger partial charge in [0.05, 0.1) is 7.11 Å². The molecule has 1 aromatic rings. The molecule has 2 unspecified atom stereocenters. The minimum Gasteiger partial charge on any atom is -0.494 e. The first-order valence-electron chi connectivity index (χ1n) is 7.15. The lowest BCUT2D eigenvalue weighted by Gasteiger charge is -2.16. The van der Waals surface area contributed by atoms with Gasteiger partial charge in [0.1, 0.15) is 6.10 Å². The molecule has 110 valence electrons. The van der Waals surface area contributed by atoms with Gasteiger partial charge in [-0.3, -0.25) is 0 Å². The molecule has 0 saturated heterocycles. The van der Waals surface area contributed by atoms with Crippen molar-refractivity contribution in [2.75, 3.05) is 7.11 Å². The second kappa shape index (κ2) is 8.60. The van der Waals surface area contributed by atoms with Crippen LogP contribution in [0.1, 0.15) is 45.1 Å². The summed E-state index contributed by atoms with van der Waals surface area (Å²) in [6.45, 7) is 4.18. The van der Waals surface area contributed by atoms with Crippen molar-refractivity contribution in [2.45, 2.75) is 45.6 Å². The summed E-state index contributed by atoms with van der Waals surface area (Å²) in [5.74, 6) is 5.60. The van der Waals surface area contributed by atoms with Crippen LogP contribution < -0.4 is 4.74 Å². The van der Waals surface area contributed by atoms with E-state index in [0.29, 0.717) is 5.56 Å². The molecule has 0 spiro atoms. The molecule has 0 aliphatic rings. The summed E-state index contributed by atoms with van der Waals surface area (Å²) in [5.41, 5.74) is 0.549. The lowest BCUT2D eigenvalue weighted by molar-refractivity contribution is 0.150. The second-order valence-corrected chi connectivity index (χ2v) is 4.87. The average molecular weight is 278 g/mol. The highest BCUT2D eigenvalue weighted by atomic mass is 19.1. The minimum atomic E-state index is -0.656. The van der Waals surface area contributed by atoms with E-state index in [2.05, 4.69) is 25.7 Å². The van der Waals surface area contributed by atoms with Crippen LogP contribution in [0.5, 0.6) is 5.75 Å². The fraction of sp³-hybridized carbons (Fsp3) is 0.529. The van der Waals surface area contributed by atoms with Crippen molar-refractivity contribution in [1.29, 1.82) is 0 Å². The van der Waals surface area contributed by atoms with Gasteiger partial charge >= 0.3 is 0 Å². The quantitative estimate of drug-likeness (QED) is 0.803. The van der Waals surface area contributed by atoms with E-state index in [-0.39, 0.29) is 11.7 Å². The van der Waals surface area contributed by atoms with E-state index in [1.807, 2.05) is 0 Å². The molecule has 2 atom stereocenters. The summed E-state index contributed by atoms with van der Waals surface area (Å²) >= 11 is 0. The Morgan fingerprint density at radius 1 is 1.35 bits per heavy atom. The van der Waals surface area contributed by atoms with E-state index in [0.717, 1.165) is 25.7 Å². The zero-order chi connectivity index (χ0) is 15.0. The van der Waals surface area contributed by atoms with E-state index in [1.54, 1.807) is 12.1 Å². The van der Waals surface area contributed by atoms with Crippen molar-refractivity contribution in [3.63, 3.8) is 0 Å². The number of hydrogen-bond donors (Lipinski definition) is 1. The largest absolute Gasteiger partial charge is 0.494 e. The van der Waals surface area contributed by atoms with Crippen LogP contribution in [0.4, 0.5) is 4.39 Å². The molecular formula is C17H23FO2. The average Bonchev–Trinajstić information content (AvgIpc) is 2.46. The summed E-state index contributed by atoms with van der Waals surface area (Å²) in [5, 5.41) is 10.1. The monoisotopic (exact) mass is 278 g/mol. The summed E-state index contributed by atoms with van der Waals surface area (Å²) in [4.78, 5) is 0. The zero-order valence-corrected chi connectivity index (χ0v) is 12.4. The van der Waals surface area contributed by atoms with Gasteiger partial charge in [-0.25, -0.2) is 4.39 Å². The van der Waals surface area contributed by atoms with Gasteiger partial charge in [-0.1, -0.05) is 38.5 Å². The molecular weight excluding hydrogens is 255 g/mol. The van der Waals surface area contributed by atoms with Crippen LogP contribution in [0.25, 0.3) is 0 Å². The molecule has 0 saturated carbocycles. The molecule has 1 N–H and O–H groups in total. The summed E-state index contributed by atoms with van der Waals surface area (Å²) in [6, 6.07) is 4.56. The third kappa shape index (κ3) is 4.86. The van der Waals surface area contributed by atoms with Gasteiger partial charge in [0, 0.05) is 5.56 Å². The molecule has 0 aliphatic heterocycles. The molecule has 3 heteroatoms. The predicted octanol–water partition coefficient (Wildman–Crippen LogP) is 3.76. The van der Waals surface area contributed by atoms with Crippen molar-refractivity contribution in [2.24, 2.45) is 5.92 Å². The molecule has 20 heavy (non-hydrogen) atoms. The topological polar surface area (TPSA) is 29.5 Å². The summed E-state index contributed by atoms with van der Waals surface area (Å²) < 4.78 is 18.4. The predicted molar refractivity (Wildman–Crippen MR) is 79.1 cm³/mol. The van der Waals surface area contributed by atoms with Gasteiger partial charge in [0.25, 0.3) is 0 Å². The molecule has 0 amide bonds. The molecule has 1 aromatic carbocycles. The molecule has 0 aromatic heterocycles. The highest BCUT2D eigenvalue weighted by molar-refractivity contribution is 5.39. The number of benzene rings is 1. The molecule has 0 aliphatic carbocycles. The van der Waals surface area contributed by atoms with Crippen LogP contribution in [-0.4, -0.2) is 18.3 Å². The van der Waals surface area contributed by atoms with Crippen LogP contribution in [0.15, 0.2) is 18.2 Å². The summed E-state index contributed by atoms with van der Waals surface area (Å²) in [6.07, 6.45) is 3.42. The van der Waals surface area contributed by atoms with E-state index >= 15 is 0 Å². The fourth-order valence-corrected chi connectivity index (χ4v) is 2.07. The van der Waals surface area contributed by atoms with Crippen molar-refractivity contribution < 1.29 is 14.2 Å². The first-order chi connectivity index (χ1) is 9.62. The Labute approximate surface area is 121 Å². The van der Waals surface area contributed by atoms with Gasteiger partial charge in [0.15, 0.2) is 11.6 Å². The maximum absolute atomic E-state index is 13.5. The molecule has 0 fully saturated rings. The van der Waals surface area contributed by atoms with Gasteiger partial charge in [-0.2, -0.15) is 0 Å². The van der Waals surface area contributed by atoms with Crippen LogP contribution in [0.3, 0.4) is 0 Å². The number of hydrogen-bond acceptors (Lipinski definition) is 2. The van der Waals surface area contributed by atoms with Crippen LogP contribution in [0.2, 0.25) is 0 Å². The minimum absolute atomic E-state index is 0.186. The standard InChI is InChI=1S/C17H23FO2/c1-4-6-7-14(5-2)16(19)10-8-13-9-11-17(20-3)15(18)12-13/h9,11-12,14,16,19H,4-7H2,1-3H3. The fourth-order valence-electron chi connectivity index (χ4n) is 2.07. The highest BCUT2D eigenvalue weighted by Gasteiger charge is 2.14. The molecule has 1 rings (SSSR count). The van der Waals surface area contributed by atoms with Crippen LogP contribution in [0, 0.1) is 23.6 Å². The van der Waals surface area contributed by atoms with Gasteiger partial charge < -0.3 is 9.84 Å². The van der Waals surface area contributed by atoms with E-state index in [9.17, 15) is 9.50 Å². The summed E-state index contributed by atoms with van der Waals surface area (Å²) in [7, 11) is 1.42. The zero-order valence-electron chi connectivity index (χ0n) is 12.4. The van der Waals surface area contributed by atoms with E-state index in [1.165, 1.54) is 13.2 Å². The first-order valence-corrected chi connectivity index (χ1v) is 7.15. The number of halogens is 1. The Morgan fingerprint density at radius 3 is 2.65 bits per heavy atom. The van der Waals surface area contributed by atoms with Crippen LogP contribution in [-0.2, 0) is 0 Å². The van der Waals surface area contributed by atoms with Crippen molar-refractivity contribution in [3.05, 3.63) is 29.6 Å². The third-order valence-electron chi connectivity index (χ3n) is 3.42. The number of aliphatic hydroxyl groups is 1. The third-order valence-corrected chi connectivity index (χ3v) is 3.42. The number of aliphatic hydroxyl groups excluding tert-OH is 1. The normalized spacial score (nSPS) is 13.2. The van der Waals surface area contributed by atoms with Crippen molar-refractivity contribution >= 4 is 0 Å². The highest BCUT2D eigenvalue weighted by Crippen LogP contribution is 2.18. The second-order valence-electron chi connectivity index (χ2n) is 4.87. The van der Waals surface area contributed by atoms with Gasteiger partial charge in [-0.05, 0) is 37.0 Å². The first kappa shape index (κ1) is 16.5. The molecule has 2 nitrogen and oxygen atoms in total. The van der Waals surface area contributed by atoms with Crippen molar-refractivity contribution in [1.82, 2.24) is 0 Å². The SMILES string of the molecule is CCCCC(CC)C(O)C#Cc1ccc(OC)c(F)c1. The number of rotatable bonds is 6. The molecule has 0 heterocycles. The number of methoxy groups -OCH3 is 1. The van der Waals surface area contributed by atoms with E-state index in [4.69, 9.17) is 4.74 Å². The van der Waals surface area contributed by atoms with Gasteiger partial charge in [-0.15, -0.1) is 0 Å².